The van der Waals surface area contributed by atoms with Gasteiger partial charge in [0, 0.05) is 19.7 Å². The number of benzene rings is 1. The molecule has 1 N–H and O–H groups in total. The van der Waals surface area contributed by atoms with Gasteiger partial charge in [0.2, 0.25) is 0 Å². The SMILES string of the molecule is OCCC(CCN1CCOCC1)c1ccccc1. The number of morpholine rings is 1. The van der Waals surface area contributed by atoms with E-state index in [1.807, 2.05) is 6.07 Å². The molecular formula is C15H23NO2. The summed E-state index contributed by atoms with van der Waals surface area (Å²) in [6.45, 7) is 5.17. The van der Waals surface area contributed by atoms with Crippen molar-refractivity contribution in [1.29, 1.82) is 0 Å². The molecule has 0 saturated carbocycles. The van der Waals surface area contributed by atoms with Crippen molar-refractivity contribution in [2.24, 2.45) is 0 Å². The molecule has 1 aromatic rings. The minimum atomic E-state index is 0.267. The standard InChI is InChI=1S/C15H23NO2/c17-11-7-15(14-4-2-1-3-5-14)6-8-16-9-12-18-13-10-16/h1-5,15,17H,6-13H2. The zero-order valence-corrected chi connectivity index (χ0v) is 10.9. The number of ether oxygens (including phenoxy) is 1. The highest BCUT2D eigenvalue weighted by Crippen LogP contribution is 2.23. The maximum atomic E-state index is 9.20. The Balaban J connectivity index is 1.86. The van der Waals surface area contributed by atoms with Crippen LogP contribution in [0.1, 0.15) is 24.3 Å². The number of aliphatic hydroxyl groups is 1. The van der Waals surface area contributed by atoms with Crippen molar-refractivity contribution in [3.8, 4) is 0 Å². The molecule has 1 saturated heterocycles. The first-order valence-corrected chi connectivity index (χ1v) is 6.86. The highest BCUT2D eigenvalue weighted by molar-refractivity contribution is 5.19. The lowest BCUT2D eigenvalue weighted by molar-refractivity contribution is 0.0362. The highest BCUT2D eigenvalue weighted by Gasteiger charge is 2.15. The normalized spacial score (nSPS) is 18.7. The predicted molar refractivity (Wildman–Crippen MR) is 72.8 cm³/mol. The topological polar surface area (TPSA) is 32.7 Å². The fourth-order valence-electron chi connectivity index (χ4n) is 2.52. The number of nitrogens with zero attached hydrogens (tertiary/aromatic N) is 1. The van der Waals surface area contributed by atoms with E-state index in [4.69, 9.17) is 4.74 Å². The van der Waals surface area contributed by atoms with Gasteiger partial charge in [-0.1, -0.05) is 30.3 Å². The van der Waals surface area contributed by atoms with Crippen LogP contribution in [0.15, 0.2) is 30.3 Å². The third-order valence-electron chi connectivity index (χ3n) is 3.65. The Bertz CT molecular complexity index is 323. The van der Waals surface area contributed by atoms with Gasteiger partial charge in [-0.15, -0.1) is 0 Å². The third kappa shape index (κ3) is 4.09. The van der Waals surface area contributed by atoms with Gasteiger partial charge in [0.05, 0.1) is 13.2 Å². The number of rotatable bonds is 6. The molecule has 100 valence electrons. The highest BCUT2D eigenvalue weighted by atomic mass is 16.5. The molecule has 0 aliphatic carbocycles. The van der Waals surface area contributed by atoms with Gasteiger partial charge in [0.1, 0.15) is 0 Å². The Hall–Kier alpha value is -0.900. The van der Waals surface area contributed by atoms with E-state index < -0.39 is 0 Å². The Kier molecular flexibility index (Phi) is 5.65. The Morgan fingerprint density at radius 2 is 1.83 bits per heavy atom. The minimum absolute atomic E-state index is 0.267. The monoisotopic (exact) mass is 249 g/mol. The van der Waals surface area contributed by atoms with Gasteiger partial charge in [0.15, 0.2) is 0 Å². The van der Waals surface area contributed by atoms with Crippen LogP contribution in [0.3, 0.4) is 0 Å². The first kappa shape index (κ1) is 13.5. The van der Waals surface area contributed by atoms with Crippen LogP contribution >= 0.6 is 0 Å². The van der Waals surface area contributed by atoms with Crippen molar-refractivity contribution in [1.82, 2.24) is 4.90 Å². The van der Waals surface area contributed by atoms with Gasteiger partial charge in [-0.05, 0) is 30.9 Å². The molecule has 0 bridgehead atoms. The molecule has 2 rings (SSSR count). The van der Waals surface area contributed by atoms with Crippen LogP contribution in [0.4, 0.5) is 0 Å². The van der Waals surface area contributed by atoms with Gasteiger partial charge < -0.3 is 9.84 Å². The average Bonchev–Trinajstić information content (AvgIpc) is 2.45. The molecule has 1 atom stereocenters. The molecule has 18 heavy (non-hydrogen) atoms. The number of hydrogen-bond donors (Lipinski definition) is 1. The van der Waals surface area contributed by atoms with Gasteiger partial charge in [-0.25, -0.2) is 0 Å². The summed E-state index contributed by atoms with van der Waals surface area (Å²) in [6, 6.07) is 10.5. The summed E-state index contributed by atoms with van der Waals surface area (Å²) in [6.07, 6.45) is 1.97. The Labute approximate surface area is 109 Å². The van der Waals surface area contributed by atoms with Crippen LogP contribution in [0, 0.1) is 0 Å². The van der Waals surface area contributed by atoms with Gasteiger partial charge >= 0.3 is 0 Å². The number of aliphatic hydroxyl groups excluding tert-OH is 1. The maximum Gasteiger partial charge on any atom is 0.0594 e. The quantitative estimate of drug-likeness (QED) is 0.835. The first-order chi connectivity index (χ1) is 8.90. The fraction of sp³-hybridized carbons (Fsp3) is 0.600. The molecule has 0 radical (unpaired) electrons. The minimum Gasteiger partial charge on any atom is -0.396 e. The second-order valence-electron chi connectivity index (χ2n) is 4.86. The van der Waals surface area contributed by atoms with E-state index in [2.05, 4.69) is 29.2 Å². The van der Waals surface area contributed by atoms with Crippen molar-refractivity contribution >= 4 is 0 Å². The van der Waals surface area contributed by atoms with E-state index in [-0.39, 0.29) is 6.61 Å². The molecule has 1 aliphatic rings. The fourth-order valence-corrected chi connectivity index (χ4v) is 2.52. The molecule has 1 fully saturated rings. The van der Waals surface area contributed by atoms with Crippen molar-refractivity contribution in [3.05, 3.63) is 35.9 Å². The van der Waals surface area contributed by atoms with E-state index in [9.17, 15) is 5.11 Å². The largest absolute Gasteiger partial charge is 0.396 e. The second kappa shape index (κ2) is 7.52. The van der Waals surface area contributed by atoms with Gasteiger partial charge in [-0.2, -0.15) is 0 Å². The van der Waals surface area contributed by atoms with E-state index in [0.717, 1.165) is 45.7 Å². The summed E-state index contributed by atoms with van der Waals surface area (Å²) in [5, 5.41) is 9.20. The number of hydrogen-bond acceptors (Lipinski definition) is 3. The van der Waals surface area contributed by atoms with Gasteiger partial charge in [-0.3, -0.25) is 4.90 Å². The van der Waals surface area contributed by atoms with Crippen LogP contribution in [0.5, 0.6) is 0 Å². The zero-order valence-electron chi connectivity index (χ0n) is 10.9. The van der Waals surface area contributed by atoms with Gasteiger partial charge in [0.25, 0.3) is 0 Å². The van der Waals surface area contributed by atoms with Crippen LogP contribution in [0.2, 0.25) is 0 Å². The summed E-state index contributed by atoms with van der Waals surface area (Å²) in [5.74, 6) is 0.471. The summed E-state index contributed by atoms with van der Waals surface area (Å²) in [5.41, 5.74) is 1.35. The molecule has 1 aliphatic heterocycles. The molecule has 1 heterocycles. The summed E-state index contributed by atoms with van der Waals surface area (Å²) >= 11 is 0. The molecule has 3 heteroatoms. The van der Waals surface area contributed by atoms with Crippen molar-refractivity contribution in [2.75, 3.05) is 39.5 Å². The summed E-state index contributed by atoms with van der Waals surface area (Å²) in [7, 11) is 0. The predicted octanol–water partition coefficient (Wildman–Crippen LogP) is 1.87. The lowest BCUT2D eigenvalue weighted by Crippen LogP contribution is -2.37. The summed E-state index contributed by atoms with van der Waals surface area (Å²) in [4.78, 5) is 2.46. The molecule has 0 spiro atoms. The first-order valence-electron chi connectivity index (χ1n) is 6.86. The van der Waals surface area contributed by atoms with Crippen LogP contribution < -0.4 is 0 Å². The lowest BCUT2D eigenvalue weighted by Gasteiger charge is -2.28. The molecule has 0 aromatic heterocycles. The smallest absolute Gasteiger partial charge is 0.0594 e. The second-order valence-corrected chi connectivity index (χ2v) is 4.86. The van der Waals surface area contributed by atoms with Crippen LogP contribution in [-0.2, 0) is 4.74 Å². The van der Waals surface area contributed by atoms with Crippen molar-refractivity contribution < 1.29 is 9.84 Å². The lowest BCUT2D eigenvalue weighted by atomic mass is 9.92. The van der Waals surface area contributed by atoms with E-state index in [0.29, 0.717) is 5.92 Å². The van der Waals surface area contributed by atoms with E-state index in [1.165, 1.54) is 5.56 Å². The van der Waals surface area contributed by atoms with E-state index in [1.54, 1.807) is 0 Å². The Morgan fingerprint density at radius 3 is 2.50 bits per heavy atom. The zero-order chi connectivity index (χ0) is 12.6. The van der Waals surface area contributed by atoms with Crippen LogP contribution in [-0.4, -0.2) is 49.5 Å². The molecular weight excluding hydrogens is 226 g/mol. The average molecular weight is 249 g/mol. The molecule has 0 amide bonds. The third-order valence-corrected chi connectivity index (χ3v) is 3.65. The molecule has 1 aromatic carbocycles. The molecule has 1 unspecified atom stereocenters. The van der Waals surface area contributed by atoms with E-state index >= 15 is 0 Å². The van der Waals surface area contributed by atoms with Crippen LogP contribution in [0.25, 0.3) is 0 Å². The maximum absolute atomic E-state index is 9.20. The van der Waals surface area contributed by atoms with Crippen molar-refractivity contribution in [3.63, 3.8) is 0 Å². The summed E-state index contributed by atoms with van der Waals surface area (Å²) < 4.78 is 5.36. The molecule has 3 nitrogen and oxygen atoms in total. The Morgan fingerprint density at radius 1 is 1.11 bits per heavy atom. The van der Waals surface area contributed by atoms with Crippen molar-refractivity contribution in [2.45, 2.75) is 18.8 Å².